The van der Waals surface area contributed by atoms with Crippen LogP contribution < -0.4 is 0 Å². The van der Waals surface area contributed by atoms with Crippen LogP contribution in [-0.2, 0) is 12.5 Å². The van der Waals surface area contributed by atoms with E-state index >= 15 is 0 Å². The molecule has 0 spiro atoms. The number of para-hydroxylation sites is 1. The summed E-state index contributed by atoms with van der Waals surface area (Å²) in [6.45, 7) is 6.91. The van der Waals surface area contributed by atoms with E-state index in [4.69, 9.17) is 0 Å². The van der Waals surface area contributed by atoms with E-state index in [0.717, 1.165) is 0 Å². The number of nitrogens with zero attached hydrogens (tertiary/aromatic N) is 1. The van der Waals surface area contributed by atoms with E-state index in [-0.39, 0.29) is 5.41 Å². The minimum atomic E-state index is 0.151. The molecule has 5 rings (SSSR count). The van der Waals surface area contributed by atoms with Gasteiger partial charge in [0.25, 0.3) is 0 Å². The summed E-state index contributed by atoms with van der Waals surface area (Å²) in [5.41, 5.74) is 4.26. The second-order valence-electron chi connectivity index (χ2n) is 7.95. The Morgan fingerprint density at radius 3 is 2.20 bits per heavy atom. The minimum absolute atomic E-state index is 0.151. The van der Waals surface area contributed by atoms with E-state index in [2.05, 4.69) is 87.0 Å². The van der Waals surface area contributed by atoms with Gasteiger partial charge in [0, 0.05) is 38.8 Å². The maximum Gasteiger partial charge on any atom is 0.0670 e. The van der Waals surface area contributed by atoms with Gasteiger partial charge in [-0.3, -0.25) is 0 Å². The van der Waals surface area contributed by atoms with Gasteiger partial charge in [-0.25, -0.2) is 0 Å². The molecule has 0 amide bonds. The fourth-order valence-electron chi connectivity index (χ4n) is 4.10. The van der Waals surface area contributed by atoms with Crippen molar-refractivity contribution in [1.82, 2.24) is 4.57 Å². The summed E-state index contributed by atoms with van der Waals surface area (Å²) in [7, 11) is 2.19. The maximum absolute atomic E-state index is 2.36. The van der Waals surface area contributed by atoms with E-state index in [0.29, 0.717) is 0 Å². The SMILES string of the molecule is Cn1c2ccccc2c2ccc3c4cccc(C(C)(C)C)c4sc3c21. The Morgan fingerprint density at radius 2 is 1.40 bits per heavy atom. The quantitative estimate of drug-likeness (QED) is 0.285. The van der Waals surface area contributed by atoms with Gasteiger partial charge in [-0.05, 0) is 17.0 Å². The van der Waals surface area contributed by atoms with Crippen molar-refractivity contribution in [1.29, 1.82) is 0 Å². The van der Waals surface area contributed by atoms with Crippen LogP contribution in [0.25, 0.3) is 42.0 Å². The molecule has 124 valence electrons. The highest BCUT2D eigenvalue weighted by atomic mass is 32.1. The van der Waals surface area contributed by atoms with E-state index in [9.17, 15) is 0 Å². The largest absolute Gasteiger partial charge is 0.342 e. The van der Waals surface area contributed by atoms with Crippen LogP contribution in [0.1, 0.15) is 26.3 Å². The first-order valence-corrected chi connectivity index (χ1v) is 9.60. The summed E-state index contributed by atoms with van der Waals surface area (Å²) in [4.78, 5) is 0. The van der Waals surface area contributed by atoms with Crippen molar-refractivity contribution in [2.45, 2.75) is 26.2 Å². The molecule has 0 atom stereocenters. The van der Waals surface area contributed by atoms with E-state index in [1.165, 1.54) is 47.5 Å². The summed E-state index contributed by atoms with van der Waals surface area (Å²) in [5, 5.41) is 5.47. The first kappa shape index (κ1) is 15.0. The number of hydrogen-bond donors (Lipinski definition) is 0. The highest BCUT2D eigenvalue weighted by Gasteiger charge is 2.21. The fourth-order valence-corrected chi connectivity index (χ4v) is 5.71. The monoisotopic (exact) mass is 343 g/mol. The molecule has 0 aliphatic carbocycles. The standard InChI is InChI=1S/C23H21NS/c1-23(2,3)18-10-7-9-16-17-13-12-15-14-8-5-6-11-19(14)24(4)20(15)22(17)25-21(16)18/h5-13H,1-4H3. The molecule has 2 heterocycles. The zero-order chi connectivity index (χ0) is 17.3. The van der Waals surface area contributed by atoms with Crippen molar-refractivity contribution in [3.63, 3.8) is 0 Å². The lowest BCUT2D eigenvalue weighted by Crippen LogP contribution is -2.10. The third kappa shape index (κ3) is 1.95. The lowest BCUT2D eigenvalue weighted by atomic mass is 9.86. The molecule has 0 aliphatic rings. The Hall–Kier alpha value is -2.32. The minimum Gasteiger partial charge on any atom is -0.342 e. The summed E-state index contributed by atoms with van der Waals surface area (Å²) >= 11 is 1.95. The van der Waals surface area contributed by atoms with Crippen molar-refractivity contribution >= 4 is 53.3 Å². The Balaban J connectivity index is 2.04. The molecule has 0 bridgehead atoms. The fraction of sp³-hybridized carbons (Fsp3) is 0.217. The van der Waals surface area contributed by atoms with Gasteiger partial charge in [-0.15, -0.1) is 11.3 Å². The van der Waals surface area contributed by atoms with Gasteiger partial charge < -0.3 is 4.57 Å². The number of rotatable bonds is 0. The topological polar surface area (TPSA) is 4.93 Å². The number of thiophene rings is 1. The van der Waals surface area contributed by atoms with Crippen LogP contribution in [0.4, 0.5) is 0 Å². The number of aromatic nitrogens is 1. The molecule has 0 fully saturated rings. The highest BCUT2D eigenvalue weighted by molar-refractivity contribution is 7.26. The summed E-state index contributed by atoms with van der Waals surface area (Å²) in [6.07, 6.45) is 0. The predicted molar refractivity (Wildman–Crippen MR) is 112 cm³/mol. The van der Waals surface area contributed by atoms with E-state index in [1.807, 2.05) is 11.3 Å². The van der Waals surface area contributed by atoms with Crippen molar-refractivity contribution in [2.24, 2.45) is 7.05 Å². The Bertz CT molecular complexity index is 1280. The lowest BCUT2D eigenvalue weighted by molar-refractivity contribution is 0.597. The molecular formula is C23H21NS. The lowest BCUT2D eigenvalue weighted by Gasteiger charge is -2.19. The van der Waals surface area contributed by atoms with Crippen LogP contribution in [-0.4, -0.2) is 4.57 Å². The molecule has 0 saturated carbocycles. The number of aryl methyl sites for hydroxylation is 1. The molecule has 0 unspecified atom stereocenters. The van der Waals surface area contributed by atoms with Crippen LogP contribution in [0, 0.1) is 0 Å². The van der Waals surface area contributed by atoms with Gasteiger partial charge in [0.1, 0.15) is 0 Å². The molecule has 25 heavy (non-hydrogen) atoms. The zero-order valence-electron chi connectivity index (χ0n) is 15.1. The van der Waals surface area contributed by atoms with Crippen LogP contribution in [0.5, 0.6) is 0 Å². The third-order valence-electron chi connectivity index (χ3n) is 5.34. The first-order chi connectivity index (χ1) is 12.0. The van der Waals surface area contributed by atoms with Crippen LogP contribution in [0.2, 0.25) is 0 Å². The van der Waals surface area contributed by atoms with E-state index < -0.39 is 0 Å². The Kier molecular flexibility index (Phi) is 2.91. The zero-order valence-corrected chi connectivity index (χ0v) is 15.9. The van der Waals surface area contributed by atoms with Crippen LogP contribution in [0.3, 0.4) is 0 Å². The Labute approximate surface area is 151 Å². The van der Waals surface area contributed by atoms with E-state index in [1.54, 1.807) is 0 Å². The van der Waals surface area contributed by atoms with Gasteiger partial charge in [-0.2, -0.15) is 0 Å². The molecule has 0 aliphatic heterocycles. The van der Waals surface area contributed by atoms with Crippen LogP contribution >= 0.6 is 11.3 Å². The summed E-state index contributed by atoms with van der Waals surface area (Å²) < 4.78 is 5.20. The van der Waals surface area contributed by atoms with Crippen molar-refractivity contribution in [3.05, 3.63) is 60.2 Å². The normalized spacial score (nSPS) is 12.8. The van der Waals surface area contributed by atoms with Gasteiger partial charge in [-0.1, -0.05) is 69.3 Å². The number of hydrogen-bond acceptors (Lipinski definition) is 1. The van der Waals surface area contributed by atoms with Crippen molar-refractivity contribution in [3.8, 4) is 0 Å². The number of fused-ring (bicyclic) bond motifs is 7. The molecular weight excluding hydrogens is 322 g/mol. The molecule has 0 radical (unpaired) electrons. The summed E-state index contributed by atoms with van der Waals surface area (Å²) in [6, 6.07) is 20.1. The molecule has 2 heteroatoms. The molecule has 0 N–H and O–H groups in total. The second-order valence-corrected chi connectivity index (χ2v) is 8.97. The average Bonchev–Trinajstić information content (AvgIpc) is 3.10. The van der Waals surface area contributed by atoms with Gasteiger partial charge in [0.15, 0.2) is 0 Å². The van der Waals surface area contributed by atoms with Gasteiger partial charge in [0.05, 0.1) is 10.2 Å². The van der Waals surface area contributed by atoms with Gasteiger partial charge in [0.2, 0.25) is 0 Å². The first-order valence-electron chi connectivity index (χ1n) is 8.78. The molecule has 0 saturated heterocycles. The third-order valence-corrected chi connectivity index (χ3v) is 6.60. The Morgan fingerprint density at radius 1 is 0.720 bits per heavy atom. The maximum atomic E-state index is 2.36. The predicted octanol–water partition coefficient (Wildman–Crippen LogP) is 7.00. The molecule has 3 aromatic carbocycles. The van der Waals surface area contributed by atoms with Gasteiger partial charge >= 0.3 is 0 Å². The summed E-state index contributed by atoms with van der Waals surface area (Å²) in [5.74, 6) is 0. The van der Waals surface area contributed by atoms with Crippen molar-refractivity contribution < 1.29 is 0 Å². The average molecular weight is 343 g/mol. The second kappa shape index (κ2) is 4.86. The molecule has 5 aromatic rings. The number of benzene rings is 3. The van der Waals surface area contributed by atoms with Crippen molar-refractivity contribution in [2.75, 3.05) is 0 Å². The smallest absolute Gasteiger partial charge is 0.0670 e. The molecule has 1 nitrogen and oxygen atoms in total. The molecule has 2 aromatic heterocycles. The van der Waals surface area contributed by atoms with Crippen LogP contribution in [0.15, 0.2) is 54.6 Å². The highest BCUT2D eigenvalue weighted by Crippen LogP contribution is 2.44.